The molecule has 0 aromatic heterocycles. The van der Waals surface area contributed by atoms with Crippen LogP contribution < -0.4 is 5.32 Å². The van der Waals surface area contributed by atoms with E-state index in [1.807, 2.05) is 12.1 Å². The van der Waals surface area contributed by atoms with Crippen LogP contribution in [0.5, 0.6) is 0 Å². The second-order valence-corrected chi connectivity index (χ2v) is 6.75. The minimum absolute atomic E-state index is 0. The highest BCUT2D eigenvalue weighted by atomic mass is 35.5. The van der Waals surface area contributed by atoms with Crippen molar-refractivity contribution in [2.24, 2.45) is 0 Å². The lowest BCUT2D eigenvalue weighted by Crippen LogP contribution is -2.35. The van der Waals surface area contributed by atoms with Crippen molar-refractivity contribution in [3.63, 3.8) is 0 Å². The number of hydrogen-bond donors (Lipinski definition) is 1. The molecule has 5 heteroatoms. The van der Waals surface area contributed by atoms with E-state index in [0.29, 0.717) is 6.04 Å². The highest BCUT2D eigenvalue weighted by molar-refractivity contribution is 5.94. The second kappa shape index (κ2) is 10.0. The molecule has 3 rings (SSSR count). The molecule has 2 fully saturated rings. The zero-order valence-electron chi connectivity index (χ0n) is 14.3. The fourth-order valence-electron chi connectivity index (χ4n) is 3.47. The number of nitrogens with zero attached hydrogens (tertiary/aromatic N) is 1. The molecule has 1 aliphatic heterocycles. The topological polar surface area (TPSA) is 41.6 Å². The molecule has 134 valence electrons. The highest BCUT2D eigenvalue weighted by Gasteiger charge is 2.16. The summed E-state index contributed by atoms with van der Waals surface area (Å²) in [6.45, 7) is 4.56. The molecule has 0 spiro atoms. The van der Waals surface area contributed by atoms with Crippen molar-refractivity contribution in [1.82, 2.24) is 10.2 Å². The van der Waals surface area contributed by atoms with Crippen LogP contribution in [0.1, 0.15) is 54.4 Å². The standard InChI is InChI=1S/C19H28N2O2.ClH/c22-19(20-18-5-3-1-2-4-6-18)17-9-7-16(8-10-17)15-21-11-13-23-14-12-21;/h7-10,18H,1-6,11-15H2,(H,20,22);1H. The van der Waals surface area contributed by atoms with Crippen molar-refractivity contribution in [1.29, 1.82) is 0 Å². The largest absolute Gasteiger partial charge is 0.379 e. The first-order chi connectivity index (χ1) is 11.3. The Bertz CT molecular complexity index is 493. The number of halogens is 1. The van der Waals surface area contributed by atoms with Gasteiger partial charge in [0.25, 0.3) is 5.91 Å². The zero-order valence-corrected chi connectivity index (χ0v) is 15.2. The molecule has 4 nitrogen and oxygen atoms in total. The summed E-state index contributed by atoms with van der Waals surface area (Å²) in [5.74, 6) is 0.0785. The van der Waals surface area contributed by atoms with Crippen molar-refractivity contribution < 1.29 is 9.53 Å². The molecule has 24 heavy (non-hydrogen) atoms. The summed E-state index contributed by atoms with van der Waals surface area (Å²) in [5.41, 5.74) is 2.04. The van der Waals surface area contributed by atoms with E-state index < -0.39 is 0 Å². The maximum absolute atomic E-state index is 12.4. The Morgan fingerprint density at radius 1 is 1.04 bits per heavy atom. The Labute approximate surface area is 151 Å². The zero-order chi connectivity index (χ0) is 15.9. The number of benzene rings is 1. The molecule has 1 heterocycles. The number of ether oxygens (including phenoxy) is 1. The summed E-state index contributed by atoms with van der Waals surface area (Å²) in [4.78, 5) is 14.8. The number of rotatable bonds is 4. The third kappa shape index (κ3) is 5.76. The Hall–Kier alpha value is -1.10. The van der Waals surface area contributed by atoms with E-state index in [4.69, 9.17) is 4.74 Å². The van der Waals surface area contributed by atoms with Crippen LogP contribution >= 0.6 is 12.4 Å². The van der Waals surface area contributed by atoms with Crippen LogP contribution in [0.15, 0.2) is 24.3 Å². The number of amides is 1. The van der Waals surface area contributed by atoms with Crippen molar-refractivity contribution in [3.05, 3.63) is 35.4 Å². The van der Waals surface area contributed by atoms with Crippen molar-refractivity contribution in [2.75, 3.05) is 26.3 Å². The molecule has 1 N–H and O–H groups in total. The molecule has 0 bridgehead atoms. The average molecular weight is 353 g/mol. The summed E-state index contributed by atoms with van der Waals surface area (Å²) in [5, 5.41) is 3.21. The van der Waals surface area contributed by atoms with Crippen LogP contribution in [0, 0.1) is 0 Å². The summed E-state index contributed by atoms with van der Waals surface area (Å²) in [6.07, 6.45) is 7.35. The maximum Gasteiger partial charge on any atom is 0.251 e. The second-order valence-electron chi connectivity index (χ2n) is 6.75. The van der Waals surface area contributed by atoms with Gasteiger partial charge < -0.3 is 10.1 Å². The molecule has 0 radical (unpaired) electrons. The van der Waals surface area contributed by atoms with E-state index in [9.17, 15) is 4.79 Å². The van der Waals surface area contributed by atoms with Crippen LogP contribution in [0.25, 0.3) is 0 Å². The molecule has 1 saturated carbocycles. The van der Waals surface area contributed by atoms with Gasteiger partial charge in [-0.2, -0.15) is 0 Å². The van der Waals surface area contributed by atoms with Crippen molar-refractivity contribution in [3.8, 4) is 0 Å². The molecular formula is C19H29ClN2O2. The molecule has 1 aromatic rings. The Kier molecular flexibility index (Phi) is 8.03. The van der Waals surface area contributed by atoms with Gasteiger partial charge in [0, 0.05) is 31.2 Å². The Balaban J connectivity index is 0.00000208. The maximum atomic E-state index is 12.4. The normalized spacial score (nSPS) is 20.0. The number of hydrogen-bond acceptors (Lipinski definition) is 3. The van der Waals surface area contributed by atoms with Gasteiger partial charge >= 0.3 is 0 Å². The summed E-state index contributed by atoms with van der Waals surface area (Å²) in [6, 6.07) is 8.44. The lowest BCUT2D eigenvalue weighted by atomic mass is 10.1. The van der Waals surface area contributed by atoms with Crippen molar-refractivity contribution >= 4 is 18.3 Å². The average Bonchev–Trinajstić information content (AvgIpc) is 2.85. The van der Waals surface area contributed by atoms with Crippen LogP contribution in [0.2, 0.25) is 0 Å². The highest BCUT2D eigenvalue weighted by Crippen LogP contribution is 2.18. The lowest BCUT2D eigenvalue weighted by molar-refractivity contribution is 0.0342. The predicted molar refractivity (Wildman–Crippen MR) is 98.7 cm³/mol. The van der Waals surface area contributed by atoms with Gasteiger partial charge in [0.1, 0.15) is 0 Å². The van der Waals surface area contributed by atoms with Gasteiger partial charge in [-0.1, -0.05) is 37.8 Å². The van der Waals surface area contributed by atoms with Gasteiger partial charge in [0.2, 0.25) is 0 Å². The fourth-order valence-corrected chi connectivity index (χ4v) is 3.47. The van der Waals surface area contributed by atoms with E-state index in [-0.39, 0.29) is 18.3 Å². The lowest BCUT2D eigenvalue weighted by Gasteiger charge is -2.26. The van der Waals surface area contributed by atoms with Gasteiger partial charge in [-0.05, 0) is 30.5 Å². The van der Waals surface area contributed by atoms with Crippen LogP contribution in [-0.4, -0.2) is 43.2 Å². The van der Waals surface area contributed by atoms with E-state index >= 15 is 0 Å². The van der Waals surface area contributed by atoms with Crippen LogP contribution in [0.3, 0.4) is 0 Å². The minimum atomic E-state index is 0. The van der Waals surface area contributed by atoms with Gasteiger partial charge in [-0.15, -0.1) is 12.4 Å². The van der Waals surface area contributed by atoms with Gasteiger partial charge in [0.15, 0.2) is 0 Å². The first kappa shape index (κ1) is 19.2. The number of nitrogens with one attached hydrogen (secondary N) is 1. The molecule has 0 unspecified atom stereocenters. The summed E-state index contributed by atoms with van der Waals surface area (Å²) < 4.78 is 5.37. The Morgan fingerprint density at radius 3 is 2.29 bits per heavy atom. The van der Waals surface area contributed by atoms with E-state index in [2.05, 4.69) is 22.3 Å². The first-order valence-corrected chi connectivity index (χ1v) is 9.01. The quantitative estimate of drug-likeness (QED) is 0.844. The molecule has 1 aromatic carbocycles. The third-order valence-electron chi connectivity index (χ3n) is 4.92. The molecule has 1 aliphatic carbocycles. The minimum Gasteiger partial charge on any atom is -0.379 e. The summed E-state index contributed by atoms with van der Waals surface area (Å²) >= 11 is 0. The van der Waals surface area contributed by atoms with Crippen molar-refractivity contribution in [2.45, 2.75) is 51.1 Å². The van der Waals surface area contributed by atoms with Gasteiger partial charge in [0.05, 0.1) is 13.2 Å². The van der Waals surface area contributed by atoms with Gasteiger partial charge in [-0.25, -0.2) is 0 Å². The summed E-state index contributed by atoms with van der Waals surface area (Å²) in [7, 11) is 0. The molecular weight excluding hydrogens is 324 g/mol. The van der Waals surface area contributed by atoms with E-state index in [0.717, 1.165) is 51.3 Å². The Morgan fingerprint density at radius 2 is 1.67 bits per heavy atom. The van der Waals surface area contributed by atoms with E-state index in [1.165, 1.54) is 31.2 Å². The first-order valence-electron chi connectivity index (χ1n) is 9.01. The van der Waals surface area contributed by atoms with Gasteiger partial charge in [-0.3, -0.25) is 9.69 Å². The number of morpholine rings is 1. The van der Waals surface area contributed by atoms with Crippen LogP contribution in [-0.2, 0) is 11.3 Å². The molecule has 0 atom stereocenters. The van der Waals surface area contributed by atoms with E-state index in [1.54, 1.807) is 0 Å². The fraction of sp³-hybridized carbons (Fsp3) is 0.632. The predicted octanol–water partition coefficient (Wildman–Crippen LogP) is 3.39. The molecule has 1 amide bonds. The number of carbonyl (C=O) groups excluding carboxylic acids is 1. The third-order valence-corrected chi connectivity index (χ3v) is 4.92. The SMILES string of the molecule is Cl.O=C(NC1CCCCCC1)c1ccc(CN2CCOCC2)cc1. The van der Waals surface area contributed by atoms with Crippen LogP contribution in [0.4, 0.5) is 0 Å². The monoisotopic (exact) mass is 352 g/mol. The number of carbonyl (C=O) groups is 1. The smallest absolute Gasteiger partial charge is 0.251 e. The molecule has 1 saturated heterocycles. The molecule has 2 aliphatic rings.